The molecule has 0 unspecified atom stereocenters. The number of rotatable bonds is 4. The molecule has 1 aromatic carbocycles. The molecule has 82 valence electrons. The fourth-order valence-electron chi connectivity index (χ4n) is 1.43. The Kier molecular flexibility index (Phi) is 3.96. The highest BCUT2D eigenvalue weighted by molar-refractivity contribution is 5.57. The SMILES string of the molecule is C=Cc1ccc(C(C)C)cc1OC(C)C. The maximum absolute atomic E-state index is 5.76. The predicted molar refractivity (Wildman–Crippen MR) is 66.4 cm³/mol. The average molecular weight is 204 g/mol. The van der Waals surface area contributed by atoms with Crippen LogP contribution in [0.1, 0.15) is 44.7 Å². The predicted octanol–water partition coefficient (Wildman–Crippen LogP) is 4.24. The summed E-state index contributed by atoms with van der Waals surface area (Å²) in [6.07, 6.45) is 2.04. The van der Waals surface area contributed by atoms with Gasteiger partial charge in [-0.2, -0.15) is 0 Å². The molecule has 1 rings (SSSR count). The second kappa shape index (κ2) is 5.01. The van der Waals surface area contributed by atoms with E-state index in [2.05, 4.69) is 38.6 Å². The smallest absolute Gasteiger partial charge is 0.127 e. The lowest BCUT2D eigenvalue weighted by Crippen LogP contribution is -2.07. The van der Waals surface area contributed by atoms with E-state index in [9.17, 15) is 0 Å². The van der Waals surface area contributed by atoms with Gasteiger partial charge in [0.05, 0.1) is 6.10 Å². The maximum Gasteiger partial charge on any atom is 0.127 e. The molecule has 15 heavy (non-hydrogen) atoms. The molecule has 1 aromatic rings. The Bertz CT molecular complexity index is 337. The van der Waals surface area contributed by atoms with Gasteiger partial charge < -0.3 is 4.74 Å². The number of benzene rings is 1. The van der Waals surface area contributed by atoms with Crippen molar-refractivity contribution >= 4 is 6.08 Å². The number of hydrogen-bond acceptors (Lipinski definition) is 1. The molecule has 0 saturated heterocycles. The van der Waals surface area contributed by atoms with Gasteiger partial charge in [0.25, 0.3) is 0 Å². The molecule has 0 fully saturated rings. The minimum Gasteiger partial charge on any atom is -0.490 e. The zero-order valence-electron chi connectivity index (χ0n) is 10.1. The topological polar surface area (TPSA) is 9.23 Å². The highest BCUT2D eigenvalue weighted by Gasteiger charge is 2.06. The molecule has 0 aliphatic rings. The van der Waals surface area contributed by atoms with E-state index in [1.807, 2.05) is 19.9 Å². The van der Waals surface area contributed by atoms with Gasteiger partial charge in [-0.3, -0.25) is 0 Å². The van der Waals surface area contributed by atoms with E-state index in [-0.39, 0.29) is 6.10 Å². The third kappa shape index (κ3) is 3.12. The molecule has 0 bridgehead atoms. The van der Waals surface area contributed by atoms with E-state index in [4.69, 9.17) is 4.74 Å². The second-order valence-corrected chi connectivity index (χ2v) is 4.32. The molecule has 1 heteroatoms. The van der Waals surface area contributed by atoms with E-state index in [0.717, 1.165) is 11.3 Å². The fourth-order valence-corrected chi connectivity index (χ4v) is 1.43. The molecule has 1 nitrogen and oxygen atoms in total. The van der Waals surface area contributed by atoms with Gasteiger partial charge in [0.15, 0.2) is 0 Å². The Balaban J connectivity index is 3.07. The van der Waals surface area contributed by atoms with Crippen LogP contribution >= 0.6 is 0 Å². The van der Waals surface area contributed by atoms with Gasteiger partial charge in [-0.25, -0.2) is 0 Å². The summed E-state index contributed by atoms with van der Waals surface area (Å²) in [7, 11) is 0. The van der Waals surface area contributed by atoms with Crippen molar-refractivity contribution in [3.8, 4) is 5.75 Å². The molecule has 0 radical (unpaired) electrons. The maximum atomic E-state index is 5.76. The minimum absolute atomic E-state index is 0.200. The molecule has 0 heterocycles. The molecular weight excluding hydrogens is 184 g/mol. The Morgan fingerprint density at radius 3 is 2.33 bits per heavy atom. The van der Waals surface area contributed by atoms with Crippen molar-refractivity contribution in [2.45, 2.75) is 39.7 Å². The molecule has 0 aromatic heterocycles. The van der Waals surface area contributed by atoms with Crippen LogP contribution in [0.2, 0.25) is 0 Å². The summed E-state index contributed by atoms with van der Waals surface area (Å²) in [4.78, 5) is 0. The van der Waals surface area contributed by atoms with E-state index in [1.54, 1.807) is 0 Å². The summed E-state index contributed by atoms with van der Waals surface area (Å²) in [5.74, 6) is 1.46. The highest BCUT2D eigenvalue weighted by Crippen LogP contribution is 2.26. The third-order valence-corrected chi connectivity index (χ3v) is 2.29. The van der Waals surface area contributed by atoms with Crippen LogP contribution in [0, 0.1) is 0 Å². The largest absolute Gasteiger partial charge is 0.490 e. The van der Waals surface area contributed by atoms with Crippen LogP contribution in [0.25, 0.3) is 6.08 Å². The zero-order chi connectivity index (χ0) is 11.4. The van der Waals surface area contributed by atoms with Gasteiger partial charge in [-0.05, 0) is 31.4 Å². The van der Waals surface area contributed by atoms with Crippen molar-refractivity contribution in [3.63, 3.8) is 0 Å². The van der Waals surface area contributed by atoms with Gasteiger partial charge in [0.2, 0.25) is 0 Å². The minimum atomic E-state index is 0.200. The lowest BCUT2D eigenvalue weighted by Gasteiger charge is -2.15. The van der Waals surface area contributed by atoms with Gasteiger partial charge in [-0.15, -0.1) is 0 Å². The fraction of sp³-hybridized carbons (Fsp3) is 0.429. The number of ether oxygens (including phenoxy) is 1. The first kappa shape index (κ1) is 11.8. The van der Waals surface area contributed by atoms with Crippen LogP contribution in [-0.2, 0) is 0 Å². The summed E-state index contributed by atoms with van der Waals surface area (Å²) in [5.41, 5.74) is 2.37. The highest BCUT2D eigenvalue weighted by atomic mass is 16.5. The monoisotopic (exact) mass is 204 g/mol. The van der Waals surface area contributed by atoms with Crippen LogP contribution in [-0.4, -0.2) is 6.10 Å². The Hall–Kier alpha value is -1.24. The second-order valence-electron chi connectivity index (χ2n) is 4.32. The van der Waals surface area contributed by atoms with Gasteiger partial charge in [-0.1, -0.05) is 38.6 Å². The molecular formula is C14H20O. The van der Waals surface area contributed by atoms with Crippen LogP contribution in [0.3, 0.4) is 0 Å². The van der Waals surface area contributed by atoms with Crippen molar-refractivity contribution in [1.82, 2.24) is 0 Å². The molecule has 0 amide bonds. The molecule has 0 aliphatic carbocycles. The summed E-state index contributed by atoms with van der Waals surface area (Å²) in [6.45, 7) is 12.2. The average Bonchev–Trinajstić information content (AvgIpc) is 2.16. The summed E-state index contributed by atoms with van der Waals surface area (Å²) >= 11 is 0. The van der Waals surface area contributed by atoms with Crippen molar-refractivity contribution < 1.29 is 4.74 Å². The van der Waals surface area contributed by atoms with Crippen molar-refractivity contribution in [2.75, 3.05) is 0 Å². The van der Waals surface area contributed by atoms with Crippen LogP contribution in [0.15, 0.2) is 24.8 Å². The van der Waals surface area contributed by atoms with Gasteiger partial charge in [0, 0.05) is 5.56 Å². The van der Waals surface area contributed by atoms with Gasteiger partial charge in [0.1, 0.15) is 5.75 Å². The first-order valence-electron chi connectivity index (χ1n) is 5.47. The Morgan fingerprint density at radius 1 is 1.20 bits per heavy atom. The molecule has 0 spiro atoms. The zero-order valence-corrected chi connectivity index (χ0v) is 10.1. The molecule has 0 saturated carbocycles. The first-order chi connectivity index (χ1) is 7.04. The lowest BCUT2D eigenvalue weighted by molar-refractivity contribution is 0.241. The lowest BCUT2D eigenvalue weighted by atomic mass is 10.0. The normalized spacial score (nSPS) is 10.8. The van der Waals surface area contributed by atoms with Crippen molar-refractivity contribution in [2.24, 2.45) is 0 Å². The van der Waals surface area contributed by atoms with Crippen LogP contribution in [0.5, 0.6) is 5.75 Å². The molecule has 0 N–H and O–H groups in total. The van der Waals surface area contributed by atoms with E-state index in [0.29, 0.717) is 5.92 Å². The van der Waals surface area contributed by atoms with Crippen molar-refractivity contribution in [3.05, 3.63) is 35.9 Å². The Morgan fingerprint density at radius 2 is 1.87 bits per heavy atom. The molecule has 0 aliphatic heterocycles. The van der Waals surface area contributed by atoms with E-state index >= 15 is 0 Å². The van der Waals surface area contributed by atoms with Crippen molar-refractivity contribution in [1.29, 1.82) is 0 Å². The van der Waals surface area contributed by atoms with Crippen LogP contribution < -0.4 is 4.74 Å². The van der Waals surface area contributed by atoms with E-state index < -0.39 is 0 Å². The molecule has 0 atom stereocenters. The quantitative estimate of drug-likeness (QED) is 0.712. The van der Waals surface area contributed by atoms with E-state index in [1.165, 1.54) is 5.56 Å². The van der Waals surface area contributed by atoms with Crippen LogP contribution in [0.4, 0.5) is 0 Å². The summed E-state index contributed by atoms with van der Waals surface area (Å²) < 4.78 is 5.76. The third-order valence-electron chi connectivity index (χ3n) is 2.29. The number of hydrogen-bond donors (Lipinski definition) is 0. The first-order valence-corrected chi connectivity index (χ1v) is 5.47. The summed E-state index contributed by atoms with van der Waals surface area (Å²) in [6, 6.07) is 6.32. The Labute approximate surface area is 92.8 Å². The standard InChI is InChI=1S/C14H20O/c1-6-12-7-8-13(10(2)3)9-14(12)15-11(4)5/h6-11H,1H2,2-5H3. The van der Waals surface area contributed by atoms with Gasteiger partial charge >= 0.3 is 0 Å². The summed E-state index contributed by atoms with van der Waals surface area (Å²) in [5, 5.41) is 0.